The van der Waals surface area contributed by atoms with Gasteiger partial charge in [-0.3, -0.25) is 4.79 Å². The number of hydrogen-bond donors (Lipinski definition) is 2. The van der Waals surface area contributed by atoms with Gasteiger partial charge in [0.1, 0.15) is 9.88 Å². The standard InChI is InChI=1S/C17H19N3OS.2ClH/c1-12-15(16(21)19-11-13-7-9-18-10-8-13)22-17(20-12)14-5-3-2-4-6-14;;/h2-7,18H,8-11H2,1H3,(H,19,21);2*1H. The fraction of sp³-hybridized carbons (Fsp3) is 0.294. The van der Waals surface area contributed by atoms with E-state index in [1.165, 1.54) is 16.9 Å². The number of aromatic nitrogens is 1. The van der Waals surface area contributed by atoms with Gasteiger partial charge < -0.3 is 10.6 Å². The van der Waals surface area contributed by atoms with Crippen LogP contribution in [-0.2, 0) is 0 Å². The Morgan fingerprint density at radius 3 is 2.71 bits per heavy atom. The second-order valence-corrected chi connectivity index (χ2v) is 6.30. The highest BCUT2D eigenvalue weighted by Crippen LogP contribution is 2.27. The van der Waals surface area contributed by atoms with Crippen LogP contribution in [0, 0.1) is 6.92 Å². The molecule has 1 aliphatic rings. The van der Waals surface area contributed by atoms with E-state index in [1.807, 2.05) is 37.3 Å². The topological polar surface area (TPSA) is 54.0 Å². The van der Waals surface area contributed by atoms with Crippen LogP contribution in [0.1, 0.15) is 21.8 Å². The van der Waals surface area contributed by atoms with Gasteiger partial charge in [-0.05, 0) is 19.9 Å². The maximum Gasteiger partial charge on any atom is 0.263 e. The number of rotatable bonds is 4. The fourth-order valence-corrected chi connectivity index (χ4v) is 3.40. The highest BCUT2D eigenvalue weighted by Gasteiger charge is 2.16. The Kier molecular flexibility index (Phi) is 8.42. The normalized spacial score (nSPS) is 13.3. The first-order chi connectivity index (χ1) is 10.7. The number of aryl methyl sites for hydroxylation is 1. The van der Waals surface area contributed by atoms with E-state index in [4.69, 9.17) is 0 Å². The Hall–Kier alpha value is -1.40. The molecule has 7 heteroatoms. The molecule has 1 amide bonds. The van der Waals surface area contributed by atoms with Crippen molar-refractivity contribution in [2.45, 2.75) is 13.3 Å². The number of amides is 1. The Bertz CT molecular complexity index is 701. The summed E-state index contributed by atoms with van der Waals surface area (Å²) in [5.74, 6) is -0.0309. The van der Waals surface area contributed by atoms with E-state index in [0.29, 0.717) is 11.4 Å². The number of carbonyl (C=O) groups excluding carboxylic acids is 1. The van der Waals surface area contributed by atoms with Crippen molar-refractivity contribution in [3.63, 3.8) is 0 Å². The molecule has 3 rings (SSSR count). The predicted molar refractivity (Wildman–Crippen MR) is 105 cm³/mol. The molecule has 0 aliphatic carbocycles. The third kappa shape index (κ3) is 5.05. The molecule has 4 nitrogen and oxygen atoms in total. The molecule has 0 radical (unpaired) electrons. The minimum atomic E-state index is -0.0309. The number of carbonyl (C=O) groups is 1. The van der Waals surface area contributed by atoms with E-state index < -0.39 is 0 Å². The van der Waals surface area contributed by atoms with Gasteiger partial charge in [-0.1, -0.05) is 42.0 Å². The van der Waals surface area contributed by atoms with Crippen molar-refractivity contribution in [2.24, 2.45) is 0 Å². The molecule has 1 aliphatic heterocycles. The number of benzene rings is 1. The molecule has 2 N–H and O–H groups in total. The molecule has 2 aromatic rings. The highest BCUT2D eigenvalue weighted by molar-refractivity contribution is 7.17. The van der Waals surface area contributed by atoms with E-state index >= 15 is 0 Å². The number of nitrogens with one attached hydrogen (secondary N) is 2. The van der Waals surface area contributed by atoms with E-state index in [1.54, 1.807) is 0 Å². The van der Waals surface area contributed by atoms with E-state index in [0.717, 1.165) is 35.8 Å². The van der Waals surface area contributed by atoms with Gasteiger partial charge in [-0.25, -0.2) is 4.98 Å². The molecular formula is C17H21Cl2N3OS. The molecule has 24 heavy (non-hydrogen) atoms. The number of nitrogens with zero attached hydrogens (tertiary/aromatic N) is 1. The summed E-state index contributed by atoms with van der Waals surface area (Å²) < 4.78 is 0. The maximum absolute atomic E-state index is 12.4. The lowest BCUT2D eigenvalue weighted by Gasteiger charge is -2.14. The Morgan fingerprint density at radius 2 is 2.04 bits per heavy atom. The summed E-state index contributed by atoms with van der Waals surface area (Å²) in [5, 5.41) is 7.17. The van der Waals surface area contributed by atoms with Gasteiger partial charge in [0.15, 0.2) is 0 Å². The molecule has 130 valence electrons. The molecule has 1 aromatic heterocycles. The minimum absolute atomic E-state index is 0. The van der Waals surface area contributed by atoms with Crippen molar-refractivity contribution in [3.05, 3.63) is 52.6 Å². The van der Waals surface area contributed by atoms with Gasteiger partial charge in [0.05, 0.1) is 5.69 Å². The lowest BCUT2D eigenvalue weighted by Crippen LogP contribution is -2.29. The van der Waals surface area contributed by atoms with Crippen molar-refractivity contribution in [3.8, 4) is 10.6 Å². The maximum atomic E-state index is 12.4. The highest BCUT2D eigenvalue weighted by atomic mass is 35.5. The van der Waals surface area contributed by atoms with Crippen LogP contribution in [0.4, 0.5) is 0 Å². The van der Waals surface area contributed by atoms with E-state index in [-0.39, 0.29) is 30.7 Å². The minimum Gasteiger partial charge on any atom is -0.348 e. The van der Waals surface area contributed by atoms with Crippen molar-refractivity contribution in [1.29, 1.82) is 0 Å². The number of halogens is 2. The summed E-state index contributed by atoms with van der Waals surface area (Å²) in [6, 6.07) is 9.97. The third-order valence-corrected chi connectivity index (χ3v) is 4.86. The van der Waals surface area contributed by atoms with E-state index in [2.05, 4.69) is 21.7 Å². The molecule has 0 fully saturated rings. The average molecular weight is 386 g/mol. The van der Waals surface area contributed by atoms with Gasteiger partial charge in [0.2, 0.25) is 0 Å². The first-order valence-electron chi connectivity index (χ1n) is 7.43. The van der Waals surface area contributed by atoms with Gasteiger partial charge in [-0.15, -0.1) is 36.2 Å². The lowest BCUT2D eigenvalue weighted by molar-refractivity contribution is 0.0960. The van der Waals surface area contributed by atoms with Crippen molar-refractivity contribution < 1.29 is 4.79 Å². The van der Waals surface area contributed by atoms with Crippen LogP contribution in [0.2, 0.25) is 0 Å². The van der Waals surface area contributed by atoms with Gasteiger partial charge in [0.25, 0.3) is 5.91 Å². The zero-order chi connectivity index (χ0) is 15.4. The molecular weight excluding hydrogens is 365 g/mol. The molecule has 0 atom stereocenters. The Labute approximate surface area is 158 Å². The smallest absolute Gasteiger partial charge is 0.263 e. The molecule has 0 bridgehead atoms. The molecule has 0 spiro atoms. The summed E-state index contributed by atoms with van der Waals surface area (Å²) in [4.78, 5) is 17.6. The molecule has 1 aromatic carbocycles. The first-order valence-corrected chi connectivity index (χ1v) is 8.25. The summed E-state index contributed by atoms with van der Waals surface area (Å²) in [5.41, 5.74) is 3.13. The summed E-state index contributed by atoms with van der Waals surface area (Å²) >= 11 is 1.45. The SMILES string of the molecule is Cc1nc(-c2ccccc2)sc1C(=O)NCC1=CCNCC1.Cl.Cl. The molecule has 2 heterocycles. The Morgan fingerprint density at radius 1 is 1.29 bits per heavy atom. The van der Waals surface area contributed by atoms with Crippen LogP contribution in [0.3, 0.4) is 0 Å². The average Bonchev–Trinajstić information content (AvgIpc) is 2.96. The zero-order valence-corrected chi connectivity index (χ0v) is 15.8. The van der Waals surface area contributed by atoms with Crippen molar-refractivity contribution >= 4 is 42.1 Å². The van der Waals surface area contributed by atoms with Crippen LogP contribution in [0.25, 0.3) is 10.6 Å². The fourth-order valence-electron chi connectivity index (χ4n) is 2.42. The quantitative estimate of drug-likeness (QED) is 0.790. The summed E-state index contributed by atoms with van der Waals surface area (Å²) in [7, 11) is 0. The number of thiazole rings is 1. The number of hydrogen-bond acceptors (Lipinski definition) is 4. The second-order valence-electron chi connectivity index (χ2n) is 5.30. The van der Waals surface area contributed by atoms with Gasteiger partial charge in [0, 0.05) is 18.7 Å². The third-order valence-electron chi connectivity index (χ3n) is 3.66. The monoisotopic (exact) mass is 385 g/mol. The predicted octanol–water partition coefficient (Wildman–Crippen LogP) is 3.61. The van der Waals surface area contributed by atoms with Crippen LogP contribution >= 0.6 is 36.2 Å². The van der Waals surface area contributed by atoms with E-state index in [9.17, 15) is 4.79 Å². The van der Waals surface area contributed by atoms with Crippen LogP contribution in [0.5, 0.6) is 0 Å². The van der Waals surface area contributed by atoms with Gasteiger partial charge >= 0.3 is 0 Å². The summed E-state index contributed by atoms with van der Waals surface area (Å²) in [6.45, 7) is 4.39. The molecule has 0 saturated carbocycles. The molecule has 0 saturated heterocycles. The lowest BCUT2D eigenvalue weighted by atomic mass is 10.1. The molecule has 0 unspecified atom stereocenters. The van der Waals surface area contributed by atoms with Gasteiger partial charge in [-0.2, -0.15) is 0 Å². The Balaban J connectivity index is 0.00000144. The summed E-state index contributed by atoms with van der Waals surface area (Å²) in [6.07, 6.45) is 3.15. The van der Waals surface area contributed by atoms with Crippen LogP contribution < -0.4 is 10.6 Å². The van der Waals surface area contributed by atoms with Crippen LogP contribution in [0.15, 0.2) is 42.0 Å². The second kappa shape index (κ2) is 9.79. The van der Waals surface area contributed by atoms with Crippen molar-refractivity contribution in [2.75, 3.05) is 19.6 Å². The zero-order valence-electron chi connectivity index (χ0n) is 13.4. The first kappa shape index (κ1) is 20.6. The van der Waals surface area contributed by atoms with Crippen molar-refractivity contribution in [1.82, 2.24) is 15.6 Å². The largest absolute Gasteiger partial charge is 0.348 e. The van der Waals surface area contributed by atoms with Crippen LogP contribution in [-0.4, -0.2) is 30.5 Å².